The minimum Gasteiger partial charge on any atom is -0.504 e. The number of aliphatic carboxylic acids is 1. The number of hydrogen-bond donors (Lipinski definition) is 5. The number of aliphatic hydroxyl groups excluding tert-OH is 3. The molecule has 3 heterocycles. The molecule has 3 aliphatic heterocycles. The van der Waals surface area contributed by atoms with Crippen molar-refractivity contribution in [2.45, 2.75) is 67.2 Å². The molecular weight excluding hydrogens is 436 g/mol. The number of rotatable bonds is 3. The van der Waals surface area contributed by atoms with Crippen LogP contribution in [-0.2, 0) is 26.1 Å². The lowest BCUT2D eigenvalue weighted by atomic mass is 9.53. The van der Waals surface area contributed by atoms with Crippen molar-refractivity contribution in [2.75, 3.05) is 13.6 Å². The predicted octanol–water partition coefficient (Wildman–Crippen LogP) is -0.885. The monoisotopic (exact) mass is 463 g/mol. The zero-order valence-corrected chi connectivity index (χ0v) is 17.9. The van der Waals surface area contributed by atoms with Gasteiger partial charge in [-0.15, -0.1) is 0 Å². The molecule has 2 saturated heterocycles. The summed E-state index contributed by atoms with van der Waals surface area (Å²) in [6.07, 6.45) is -4.16. The fourth-order valence-corrected chi connectivity index (χ4v) is 6.66. The summed E-state index contributed by atoms with van der Waals surface area (Å²) in [5.74, 6) is -0.824. The average molecular weight is 463 g/mol. The van der Waals surface area contributed by atoms with E-state index in [4.69, 9.17) is 14.2 Å². The lowest BCUT2D eigenvalue weighted by molar-refractivity contribution is -0.307. The highest BCUT2D eigenvalue weighted by Gasteiger charge is 2.65. The Hall–Kier alpha value is -2.21. The lowest BCUT2D eigenvalue weighted by Gasteiger charge is -2.57. The number of aliphatic hydroxyl groups is 3. The number of aromatic hydroxyl groups is 1. The largest absolute Gasteiger partial charge is 0.504 e. The van der Waals surface area contributed by atoms with Gasteiger partial charge in [0, 0.05) is 22.9 Å². The summed E-state index contributed by atoms with van der Waals surface area (Å²) in [7, 11) is 2.11. The highest BCUT2D eigenvalue weighted by Crippen LogP contribution is 2.62. The molecule has 2 aliphatic carbocycles. The Bertz CT molecular complexity index is 1030. The Kier molecular flexibility index (Phi) is 4.62. The summed E-state index contributed by atoms with van der Waals surface area (Å²) in [5.41, 5.74) is 1.69. The van der Waals surface area contributed by atoms with Crippen LogP contribution in [0.5, 0.6) is 11.5 Å². The van der Waals surface area contributed by atoms with E-state index in [-0.39, 0.29) is 17.7 Å². The van der Waals surface area contributed by atoms with Gasteiger partial charge < -0.3 is 44.6 Å². The van der Waals surface area contributed by atoms with E-state index in [1.165, 1.54) is 0 Å². The van der Waals surface area contributed by atoms with Gasteiger partial charge in [-0.05, 0) is 38.1 Å². The number of nitrogens with zero attached hydrogens (tertiary/aromatic N) is 1. The molecule has 33 heavy (non-hydrogen) atoms. The Morgan fingerprint density at radius 1 is 1.18 bits per heavy atom. The molecule has 1 aromatic carbocycles. The van der Waals surface area contributed by atoms with E-state index in [0.717, 1.165) is 30.5 Å². The number of piperidine rings is 1. The van der Waals surface area contributed by atoms with E-state index < -0.39 is 54.3 Å². The van der Waals surface area contributed by atoms with Gasteiger partial charge in [-0.2, -0.15) is 0 Å². The molecule has 1 aromatic rings. The number of phenolic OH excluding ortho intramolecular Hbond substituents is 1. The minimum atomic E-state index is -1.79. The van der Waals surface area contributed by atoms with Crippen molar-refractivity contribution >= 4 is 5.97 Å². The van der Waals surface area contributed by atoms with Crippen LogP contribution in [0.3, 0.4) is 0 Å². The molecule has 0 amide bonds. The van der Waals surface area contributed by atoms with Gasteiger partial charge in [0.25, 0.3) is 0 Å². The molecule has 10 heteroatoms. The van der Waals surface area contributed by atoms with E-state index in [9.17, 15) is 30.3 Å². The van der Waals surface area contributed by atoms with Crippen LogP contribution in [0.4, 0.5) is 0 Å². The second-order valence-electron chi connectivity index (χ2n) is 9.78. The van der Waals surface area contributed by atoms with Crippen LogP contribution in [0.25, 0.3) is 0 Å². The molecule has 5 aliphatic rings. The first-order valence-corrected chi connectivity index (χ1v) is 11.2. The highest BCUT2D eigenvalue weighted by molar-refractivity contribution is 5.73. The molecule has 0 unspecified atom stereocenters. The maximum atomic E-state index is 11.5. The summed E-state index contributed by atoms with van der Waals surface area (Å²) in [5, 5.41) is 50.5. The summed E-state index contributed by atoms with van der Waals surface area (Å²) in [4.78, 5) is 13.8. The summed E-state index contributed by atoms with van der Waals surface area (Å²) >= 11 is 0. The summed E-state index contributed by atoms with van der Waals surface area (Å²) in [6.45, 7) is 0.838. The molecule has 10 atom stereocenters. The Balaban J connectivity index is 1.38. The standard InChI is InChI=1S/C23H27NO9/c1-24-7-6-23-10-3-5-13(31-22-17(28)15(26)16(27)19(33-22)21(29)30)20(23)32-18-12(25)4-2-9(14(18)23)8-11(10)24/h2-5,10-11,13,15-17,19-20,22,25-28H,6-8H2,1H3,(H,29,30)/t10-,11+,13-,15-,16-,17+,19-,20-,22+,23-/m0/s1/i1+2. The molecule has 2 bridgehead atoms. The van der Waals surface area contributed by atoms with Crippen molar-refractivity contribution in [3.63, 3.8) is 0 Å². The Morgan fingerprint density at radius 2 is 1.97 bits per heavy atom. The zero-order chi connectivity index (χ0) is 23.2. The van der Waals surface area contributed by atoms with Gasteiger partial charge >= 0.3 is 5.97 Å². The third-order valence-corrected chi connectivity index (χ3v) is 8.23. The third-order valence-electron chi connectivity index (χ3n) is 8.23. The maximum Gasteiger partial charge on any atom is 0.335 e. The van der Waals surface area contributed by atoms with Crippen molar-refractivity contribution in [1.82, 2.24) is 4.90 Å². The highest BCUT2D eigenvalue weighted by atomic mass is 16.7. The first-order valence-electron chi connectivity index (χ1n) is 11.2. The van der Waals surface area contributed by atoms with Crippen LogP contribution in [0.2, 0.25) is 0 Å². The number of carboxylic acids is 1. The minimum absolute atomic E-state index is 0.0610. The van der Waals surface area contributed by atoms with Crippen molar-refractivity contribution in [1.29, 1.82) is 0 Å². The zero-order valence-electron chi connectivity index (χ0n) is 17.9. The van der Waals surface area contributed by atoms with Gasteiger partial charge in [-0.25, -0.2) is 4.79 Å². The number of benzene rings is 1. The normalized spacial score (nSPS) is 45.4. The third kappa shape index (κ3) is 2.73. The summed E-state index contributed by atoms with van der Waals surface area (Å²) < 4.78 is 17.7. The van der Waals surface area contributed by atoms with Crippen molar-refractivity contribution in [3.8, 4) is 11.5 Å². The van der Waals surface area contributed by atoms with E-state index in [0.29, 0.717) is 5.75 Å². The fraction of sp³-hybridized carbons (Fsp3) is 0.609. The van der Waals surface area contributed by atoms with Gasteiger partial charge in [0.2, 0.25) is 0 Å². The Morgan fingerprint density at radius 3 is 2.73 bits per heavy atom. The van der Waals surface area contributed by atoms with Crippen LogP contribution >= 0.6 is 0 Å². The van der Waals surface area contributed by atoms with Gasteiger partial charge in [0.15, 0.2) is 23.9 Å². The van der Waals surface area contributed by atoms with E-state index in [1.54, 1.807) is 6.07 Å². The van der Waals surface area contributed by atoms with Crippen LogP contribution < -0.4 is 4.74 Å². The quantitative estimate of drug-likeness (QED) is 0.358. The molecular formula is C23H27NO9. The first kappa shape index (κ1) is 21.3. The van der Waals surface area contributed by atoms with E-state index in [1.807, 2.05) is 12.1 Å². The molecule has 0 aromatic heterocycles. The molecule has 2 fully saturated rings. The fourth-order valence-electron chi connectivity index (χ4n) is 6.66. The van der Waals surface area contributed by atoms with Crippen LogP contribution in [0.15, 0.2) is 24.3 Å². The molecule has 10 nitrogen and oxygen atoms in total. The lowest BCUT2D eigenvalue weighted by Crippen LogP contribution is -2.66. The van der Waals surface area contributed by atoms with Crippen molar-refractivity contribution in [3.05, 3.63) is 35.4 Å². The second-order valence-corrected chi connectivity index (χ2v) is 9.78. The Labute approximate surface area is 189 Å². The van der Waals surface area contributed by atoms with E-state index >= 15 is 0 Å². The number of carboxylic acid groups (broad SMARTS) is 1. The molecule has 1 spiro atoms. The molecule has 178 valence electrons. The predicted molar refractivity (Wildman–Crippen MR) is 111 cm³/mol. The van der Waals surface area contributed by atoms with Gasteiger partial charge in [-0.3, -0.25) is 0 Å². The number of ether oxygens (including phenoxy) is 3. The van der Waals surface area contributed by atoms with Gasteiger partial charge in [0.05, 0.1) is 0 Å². The first-order chi connectivity index (χ1) is 15.7. The molecule has 0 radical (unpaired) electrons. The summed E-state index contributed by atoms with van der Waals surface area (Å²) in [6, 6.07) is 3.85. The van der Waals surface area contributed by atoms with Crippen LogP contribution in [-0.4, -0.2) is 98.9 Å². The number of phenols is 1. The van der Waals surface area contributed by atoms with Crippen LogP contribution in [0, 0.1) is 5.92 Å². The molecule has 5 N–H and O–H groups in total. The number of likely N-dealkylation sites (N-methyl/N-ethyl adjacent to an activating group) is 1. The second kappa shape index (κ2) is 7.14. The molecule has 0 saturated carbocycles. The van der Waals surface area contributed by atoms with E-state index in [2.05, 4.69) is 18.0 Å². The van der Waals surface area contributed by atoms with Crippen LogP contribution in [0.1, 0.15) is 17.5 Å². The number of carbonyl (C=O) groups is 1. The smallest absolute Gasteiger partial charge is 0.335 e. The van der Waals surface area contributed by atoms with Crippen molar-refractivity contribution in [2.24, 2.45) is 5.92 Å². The number of hydrogen-bond acceptors (Lipinski definition) is 9. The number of likely N-dealkylation sites (tertiary alicyclic amines) is 1. The maximum absolute atomic E-state index is 11.5. The van der Waals surface area contributed by atoms with Gasteiger partial charge in [0.1, 0.15) is 30.5 Å². The van der Waals surface area contributed by atoms with Gasteiger partial charge in [-0.1, -0.05) is 18.2 Å². The molecule has 6 rings (SSSR count). The average Bonchev–Trinajstić information content (AvgIpc) is 3.14. The topological polar surface area (TPSA) is 149 Å². The van der Waals surface area contributed by atoms with Crippen molar-refractivity contribution < 1.29 is 44.5 Å². The SMILES string of the molecule is [14CH3]N1CC[C@]23c4c5ccc(O)c4O[C@H]2[C@@H](O[C@@H]2O[C@H](C(=O)O)[C@@H](O)[C@H](O)[C@H]2O)C=C[C@H]3[C@H]1C5.